The molecule has 0 aliphatic carbocycles. The van der Waals surface area contributed by atoms with E-state index in [4.69, 9.17) is 14.1 Å². The molecular weight excluding hydrogens is 522 g/mol. The fourth-order valence-corrected chi connectivity index (χ4v) is 7.61. The number of thiazole rings is 1. The fraction of sp³-hybridized carbons (Fsp3) is 0.0345. The average molecular weight is 548 g/mol. The molecule has 41 heavy (non-hydrogen) atoms. The van der Waals surface area contributed by atoms with Crippen LogP contribution in [0.5, 0.6) is 0 Å². The van der Waals surface area contributed by atoms with E-state index in [9.17, 15) is 0 Å². The molecule has 192 valence electrons. The summed E-state index contributed by atoms with van der Waals surface area (Å²) < 4.78 is 37.0. The van der Waals surface area contributed by atoms with E-state index in [-0.39, 0.29) is 33.5 Å². The first-order valence-electron chi connectivity index (χ1n) is 15.2. The quantitative estimate of drug-likeness (QED) is 0.313. The van der Waals surface area contributed by atoms with Gasteiger partial charge in [0.05, 0.1) is 11.7 Å². The summed E-state index contributed by atoms with van der Waals surface area (Å²) in [6.07, 6.45) is 22.2. The summed E-state index contributed by atoms with van der Waals surface area (Å²) in [5.74, 6) is 8.92. The Morgan fingerprint density at radius 1 is 0.780 bits per heavy atom. The summed E-state index contributed by atoms with van der Waals surface area (Å²) >= 11 is 1.59. The summed E-state index contributed by atoms with van der Waals surface area (Å²) in [5.41, 5.74) is 2.78. The van der Waals surface area contributed by atoms with E-state index in [0.717, 1.165) is 26.1 Å². The van der Waals surface area contributed by atoms with Crippen molar-refractivity contribution in [3.8, 4) is 0 Å². The third-order valence-corrected chi connectivity index (χ3v) is 9.38. The maximum absolute atomic E-state index is 8.61. The molecule has 9 rings (SSSR count). The molecule has 0 radical (unpaired) electrons. The molecule has 5 aliphatic rings. The van der Waals surface area contributed by atoms with Crippen LogP contribution in [-0.4, -0.2) is 61.2 Å². The number of allylic oxidation sites excluding steroid dienone is 8. The van der Waals surface area contributed by atoms with Crippen molar-refractivity contribution in [3.05, 3.63) is 133 Å². The molecule has 0 atom stereocenters. The van der Waals surface area contributed by atoms with E-state index >= 15 is 0 Å². The van der Waals surface area contributed by atoms with Gasteiger partial charge in [0.1, 0.15) is 15.2 Å². The highest BCUT2D eigenvalue weighted by molar-refractivity contribution is 7.23. The van der Waals surface area contributed by atoms with Gasteiger partial charge in [0, 0.05) is 15.1 Å². The molecule has 1 aromatic carbocycles. The Hall–Kier alpha value is -4.56. The molecule has 7 nitrogen and oxygen atoms in total. The fourth-order valence-electron chi connectivity index (χ4n) is 6.55. The van der Waals surface area contributed by atoms with Gasteiger partial charge in [-0.15, -0.1) is 0 Å². The molecule has 0 spiro atoms. The van der Waals surface area contributed by atoms with Gasteiger partial charge >= 0.3 is 27.9 Å². The monoisotopic (exact) mass is 548 g/mol. The summed E-state index contributed by atoms with van der Waals surface area (Å²) in [7, 11) is 0. The molecule has 0 saturated carbocycles. The summed E-state index contributed by atoms with van der Waals surface area (Å²) in [4.78, 5) is 11.7. The predicted octanol–water partition coefficient (Wildman–Crippen LogP) is 4.98. The van der Waals surface area contributed by atoms with Crippen LogP contribution in [0.3, 0.4) is 0 Å². The van der Waals surface area contributed by atoms with Crippen LogP contribution in [0.25, 0.3) is 31.7 Å². The Labute approximate surface area is 247 Å². The molecule has 3 aromatic heterocycles. The van der Waals surface area contributed by atoms with Crippen molar-refractivity contribution in [1.82, 2.24) is 33.3 Å². The van der Waals surface area contributed by atoms with Gasteiger partial charge in [-0.3, -0.25) is 4.40 Å². The predicted molar refractivity (Wildman–Crippen MR) is 173 cm³/mol. The Morgan fingerprint density at radius 2 is 1.46 bits per heavy atom. The number of aromatic nitrogens is 3. The Balaban J connectivity index is 1.22. The maximum Gasteiger partial charge on any atom is 0.381 e. The van der Waals surface area contributed by atoms with Gasteiger partial charge in [-0.25, -0.2) is 9.97 Å². The molecule has 0 amide bonds. The normalized spacial score (nSPS) is 20.5. The molecule has 5 aliphatic heterocycles. The lowest BCUT2D eigenvalue weighted by molar-refractivity contribution is 0.620. The van der Waals surface area contributed by atoms with E-state index in [1.165, 1.54) is 0 Å². The third kappa shape index (κ3) is 3.37. The highest BCUT2D eigenvalue weighted by Gasteiger charge is 2.50. The molecule has 12 heteroatoms. The van der Waals surface area contributed by atoms with Crippen LogP contribution in [-0.2, 0) is 0 Å². The number of nitrogens with zero attached hydrogens (tertiary/aromatic N) is 7. The summed E-state index contributed by atoms with van der Waals surface area (Å²) in [6.45, 7) is -3.08. The average Bonchev–Trinajstić information content (AvgIpc) is 3.59. The molecule has 0 bridgehead atoms. The number of hydrogen-bond donors (Lipinski definition) is 0. The second-order valence-corrected chi connectivity index (χ2v) is 11.6. The molecular formula is C29H23B4N7S. The van der Waals surface area contributed by atoms with Gasteiger partial charge in [0.15, 0.2) is 5.82 Å². The lowest BCUT2D eigenvalue weighted by atomic mass is 9.41. The van der Waals surface area contributed by atoms with E-state index < -0.39 is 6.85 Å². The van der Waals surface area contributed by atoms with E-state index in [2.05, 4.69) is 96.2 Å². The van der Waals surface area contributed by atoms with Crippen LogP contribution in [0.4, 0.5) is 0 Å². The van der Waals surface area contributed by atoms with E-state index in [1.54, 1.807) is 11.3 Å². The van der Waals surface area contributed by atoms with Gasteiger partial charge < -0.3 is 18.9 Å². The zero-order chi connectivity index (χ0) is 29.6. The number of hydrogen-bond acceptors (Lipinski definition) is 7. The number of para-hydroxylation sites is 1. The highest BCUT2D eigenvalue weighted by Crippen LogP contribution is 2.36. The zero-order valence-corrected chi connectivity index (χ0v) is 22.7. The van der Waals surface area contributed by atoms with Crippen molar-refractivity contribution in [1.29, 1.82) is 0 Å². The van der Waals surface area contributed by atoms with Gasteiger partial charge in [-0.05, 0) is 67.6 Å². The van der Waals surface area contributed by atoms with E-state index in [1.807, 2.05) is 48.7 Å². The Bertz CT molecular complexity index is 2110. The van der Waals surface area contributed by atoms with E-state index in [0.29, 0.717) is 11.4 Å². The highest BCUT2D eigenvalue weighted by atomic mass is 32.1. The minimum absolute atomic E-state index is 0.0586. The maximum atomic E-state index is 8.61. The third-order valence-electron chi connectivity index (χ3n) is 8.38. The van der Waals surface area contributed by atoms with Crippen molar-refractivity contribution < 1.29 is 4.11 Å². The lowest BCUT2D eigenvalue weighted by Crippen LogP contribution is -2.73. The van der Waals surface area contributed by atoms with Crippen molar-refractivity contribution >= 4 is 70.9 Å². The summed E-state index contributed by atoms with van der Waals surface area (Å²) in [6, 6.07) is 10.4. The lowest BCUT2D eigenvalue weighted by Gasteiger charge is -2.53. The first-order valence-corrected chi connectivity index (χ1v) is 14.5. The minimum Gasteiger partial charge on any atom is -0.423 e. The smallest absolute Gasteiger partial charge is 0.381 e. The SMILES string of the molecule is [2H]C([2H])([2H])C1=CN2B3C=CC=CN3B3C=CC=CN3B3C=CC=CN3B2C=C1c1ncc2c(n1)sc1cc3ccccc3n12. The largest absolute Gasteiger partial charge is 0.423 e. The van der Waals surface area contributed by atoms with Crippen molar-refractivity contribution in [2.45, 2.75) is 6.85 Å². The van der Waals surface area contributed by atoms with Crippen LogP contribution in [0.1, 0.15) is 16.8 Å². The van der Waals surface area contributed by atoms with Gasteiger partial charge in [-0.2, -0.15) is 0 Å². The molecule has 4 aromatic rings. The number of benzene rings is 1. The molecule has 8 heterocycles. The van der Waals surface area contributed by atoms with Crippen molar-refractivity contribution in [2.75, 3.05) is 0 Å². The first-order chi connectivity index (χ1) is 21.5. The van der Waals surface area contributed by atoms with Crippen LogP contribution in [0, 0.1) is 0 Å². The van der Waals surface area contributed by atoms with Crippen molar-refractivity contribution in [3.63, 3.8) is 0 Å². The van der Waals surface area contributed by atoms with Crippen LogP contribution in [0.2, 0.25) is 0 Å². The number of fused-ring (bicyclic) bond motifs is 13. The second kappa shape index (κ2) is 8.72. The Morgan fingerprint density at radius 3 is 2.20 bits per heavy atom. The molecule has 0 unspecified atom stereocenters. The van der Waals surface area contributed by atoms with Crippen LogP contribution in [0.15, 0.2) is 127 Å². The zero-order valence-electron chi connectivity index (χ0n) is 24.9. The second-order valence-electron chi connectivity index (χ2n) is 10.6. The first kappa shape index (κ1) is 20.3. The summed E-state index contributed by atoms with van der Waals surface area (Å²) in [5, 5.41) is 1.16. The molecule has 1 saturated heterocycles. The van der Waals surface area contributed by atoms with Crippen molar-refractivity contribution in [2.24, 2.45) is 0 Å². The minimum atomic E-state index is -2.38. The Kier molecular flexibility index (Phi) is 4.32. The molecule has 0 N–H and O–H groups in total. The molecule has 1 fully saturated rings. The van der Waals surface area contributed by atoms with Gasteiger partial charge in [0.25, 0.3) is 0 Å². The van der Waals surface area contributed by atoms with Crippen LogP contribution >= 0.6 is 11.3 Å². The topological polar surface area (TPSA) is 43.2 Å². The van der Waals surface area contributed by atoms with Crippen LogP contribution < -0.4 is 0 Å². The standard InChI is InChI=1S/C29H23B4N7S/c1-22-21-39-32-14-6-8-16-37(32)30-12-4-7-15-36(30)31-13-5-9-17-38(31)33(39)19-24(22)28-34-20-26-29(35-28)41-27-18-23-10-2-3-11-25(23)40(26)27/h2-21H,1H3/i1D3. The number of rotatable bonds is 1. The van der Waals surface area contributed by atoms with Gasteiger partial charge in [0.2, 0.25) is 0 Å². The van der Waals surface area contributed by atoms with Gasteiger partial charge in [-0.1, -0.05) is 71.7 Å².